The van der Waals surface area contributed by atoms with Gasteiger partial charge < -0.3 is 5.11 Å². The molecule has 0 aliphatic carbocycles. The molecule has 1 aromatic heterocycles. The molecule has 0 bridgehead atoms. The number of hydrogen-bond donors (Lipinski definition) is 1. The Bertz CT molecular complexity index is 581. The Hall–Kier alpha value is -0.650. The van der Waals surface area contributed by atoms with Gasteiger partial charge in [0.25, 0.3) is 0 Å². The van der Waals surface area contributed by atoms with Gasteiger partial charge in [-0.3, -0.25) is 4.68 Å². The Labute approximate surface area is 129 Å². The minimum atomic E-state index is -0.696. The van der Waals surface area contributed by atoms with E-state index >= 15 is 0 Å². The number of halogens is 2. The Balaban J connectivity index is 2.43. The third-order valence-electron chi connectivity index (χ3n) is 2.98. The topological polar surface area (TPSA) is 38.0 Å². The maximum absolute atomic E-state index is 10.6. The first-order valence-electron chi connectivity index (χ1n) is 6.20. The van der Waals surface area contributed by atoms with Gasteiger partial charge in [0.1, 0.15) is 6.10 Å². The lowest BCUT2D eigenvalue weighted by atomic mass is 10.0. The molecular weight excluding hydrogens is 372 g/mol. The van der Waals surface area contributed by atoms with Crippen LogP contribution in [0.1, 0.15) is 36.3 Å². The van der Waals surface area contributed by atoms with Gasteiger partial charge in [-0.25, -0.2) is 0 Å². The summed E-state index contributed by atoms with van der Waals surface area (Å²) in [5.74, 6) is 0. The first kappa shape index (κ1) is 14.8. The van der Waals surface area contributed by atoms with Crippen LogP contribution in [0, 0.1) is 6.92 Å². The first-order chi connectivity index (χ1) is 9.04. The number of nitrogens with zero attached hydrogens (tertiary/aromatic N) is 2. The lowest BCUT2D eigenvalue weighted by Crippen LogP contribution is -2.11. The fraction of sp³-hybridized carbons (Fsp3) is 0.357. The minimum absolute atomic E-state index is 0.696. The van der Waals surface area contributed by atoms with Crippen LogP contribution in [-0.2, 0) is 6.54 Å². The number of aliphatic hydroxyl groups excluding tert-OH is 1. The predicted molar refractivity (Wildman–Crippen MR) is 83.2 cm³/mol. The van der Waals surface area contributed by atoms with Gasteiger partial charge in [-0.2, -0.15) is 5.10 Å². The predicted octanol–water partition coefficient (Wildman–Crippen LogP) is 4.21. The summed E-state index contributed by atoms with van der Waals surface area (Å²) in [6.07, 6.45) is 2.01. The second-order valence-corrected chi connectivity index (χ2v) is 6.24. The Kier molecular flexibility index (Phi) is 4.81. The van der Waals surface area contributed by atoms with Crippen molar-refractivity contribution in [2.75, 3.05) is 0 Å². The van der Waals surface area contributed by atoms with E-state index in [1.807, 2.05) is 29.8 Å². The van der Waals surface area contributed by atoms with Crippen molar-refractivity contribution in [2.24, 2.45) is 0 Å². The average Bonchev–Trinajstić information content (AvgIpc) is 2.70. The van der Waals surface area contributed by atoms with Gasteiger partial charge in [0.2, 0.25) is 0 Å². The summed E-state index contributed by atoms with van der Waals surface area (Å²) in [6, 6.07) is 5.95. The fourth-order valence-corrected chi connectivity index (χ4v) is 3.26. The van der Waals surface area contributed by atoms with E-state index in [2.05, 4.69) is 43.9 Å². The Morgan fingerprint density at radius 1 is 1.32 bits per heavy atom. The van der Waals surface area contributed by atoms with Gasteiger partial charge >= 0.3 is 0 Å². The molecule has 0 radical (unpaired) electrons. The molecule has 2 rings (SSSR count). The average molecular weight is 388 g/mol. The highest BCUT2D eigenvalue weighted by molar-refractivity contribution is 9.10. The minimum Gasteiger partial charge on any atom is -0.382 e. The summed E-state index contributed by atoms with van der Waals surface area (Å²) in [5.41, 5.74) is 2.81. The van der Waals surface area contributed by atoms with Gasteiger partial charge in [0.05, 0.1) is 16.4 Å². The van der Waals surface area contributed by atoms with Crippen molar-refractivity contribution in [3.05, 3.63) is 50.2 Å². The zero-order valence-corrected chi connectivity index (χ0v) is 14.1. The van der Waals surface area contributed by atoms with E-state index in [1.54, 1.807) is 6.20 Å². The summed E-state index contributed by atoms with van der Waals surface area (Å²) in [7, 11) is 0. The zero-order valence-electron chi connectivity index (χ0n) is 10.9. The Morgan fingerprint density at radius 2 is 2.05 bits per heavy atom. The first-order valence-corrected chi connectivity index (χ1v) is 7.78. The van der Waals surface area contributed by atoms with Crippen molar-refractivity contribution in [3.8, 4) is 0 Å². The van der Waals surface area contributed by atoms with E-state index in [0.29, 0.717) is 0 Å². The van der Waals surface area contributed by atoms with Crippen LogP contribution in [0.3, 0.4) is 0 Å². The largest absolute Gasteiger partial charge is 0.382 e. The summed E-state index contributed by atoms with van der Waals surface area (Å²) in [6.45, 7) is 4.91. The molecule has 0 aliphatic rings. The lowest BCUT2D eigenvalue weighted by Gasteiger charge is -2.16. The van der Waals surface area contributed by atoms with Crippen LogP contribution in [0.15, 0.2) is 33.3 Å². The molecule has 0 saturated carbocycles. The standard InChI is InChI=1S/C14H16Br2N2O/c1-3-6-18-13(12(16)8-17-18)14(19)10-5-4-9(2)7-11(10)15/h4-5,7-8,14,19H,3,6H2,1-2H3. The van der Waals surface area contributed by atoms with Crippen LogP contribution in [0.5, 0.6) is 0 Å². The second-order valence-electron chi connectivity index (χ2n) is 4.53. The molecule has 0 aliphatic heterocycles. The third kappa shape index (κ3) is 3.09. The molecule has 0 spiro atoms. The van der Waals surface area contributed by atoms with E-state index in [4.69, 9.17) is 0 Å². The molecule has 1 atom stereocenters. The van der Waals surface area contributed by atoms with Crippen molar-refractivity contribution >= 4 is 31.9 Å². The highest BCUT2D eigenvalue weighted by Gasteiger charge is 2.21. The van der Waals surface area contributed by atoms with Gasteiger partial charge in [0.15, 0.2) is 0 Å². The van der Waals surface area contributed by atoms with Crippen LogP contribution in [0.25, 0.3) is 0 Å². The van der Waals surface area contributed by atoms with Crippen molar-refractivity contribution in [3.63, 3.8) is 0 Å². The van der Waals surface area contributed by atoms with E-state index in [0.717, 1.165) is 38.7 Å². The number of aromatic nitrogens is 2. The van der Waals surface area contributed by atoms with Crippen molar-refractivity contribution in [1.82, 2.24) is 9.78 Å². The fourth-order valence-electron chi connectivity index (χ4n) is 2.03. The summed E-state index contributed by atoms with van der Waals surface area (Å²) < 4.78 is 3.60. The zero-order chi connectivity index (χ0) is 14.0. The maximum Gasteiger partial charge on any atom is 0.123 e. The maximum atomic E-state index is 10.6. The van der Waals surface area contributed by atoms with Crippen LogP contribution >= 0.6 is 31.9 Å². The highest BCUT2D eigenvalue weighted by atomic mass is 79.9. The monoisotopic (exact) mass is 386 g/mol. The number of benzene rings is 1. The summed E-state index contributed by atoms with van der Waals surface area (Å²) >= 11 is 6.98. The molecule has 1 unspecified atom stereocenters. The normalized spacial score (nSPS) is 12.7. The highest BCUT2D eigenvalue weighted by Crippen LogP contribution is 2.33. The smallest absolute Gasteiger partial charge is 0.123 e. The SMILES string of the molecule is CCCn1ncc(Br)c1C(O)c1ccc(C)cc1Br. The van der Waals surface area contributed by atoms with Crippen LogP contribution in [0.2, 0.25) is 0 Å². The molecule has 0 saturated heterocycles. The molecule has 5 heteroatoms. The number of rotatable bonds is 4. The Morgan fingerprint density at radius 3 is 2.68 bits per heavy atom. The van der Waals surface area contributed by atoms with E-state index in [9.17, 15) is 5.11 Å². The van der Waals surface area contributed by atoms with Crippen LogP contribution < -0.4 is 0 Å². The molecule has 1 heterocycles. The molecule has 1 N–H and O–H groups in total. The molecule has 2 aromatic rings. The van der Waals surface area contributed by atoms with Crippen molar-refractivity contribution in [2.45, 2.75) is 32.9 Å². The third-order valence-corrected chi connectivity index (χ3v) is 4.28. The molecule has 1 aromatic carbocycles. The number of aryl methyl sites for hydroxylation is 2. The van der Waals surface area contributed by atoms with E-state index < -0.39 is 6.10 Å². The lowest BCUT2D eigenvalue weighted by molar-refractivity contribution is 0.206. The van der Waals surface area contributed by atoms with Crippen LogP contribution in [-0.4, -0.2) is 14.9 Å². The number of aliphatic hydroxyl groups is 1. The van der Waals surface area contributed by atoms with Gasteiger partial charge in [0, 0.05) is 16.6 Å². The molecule has 0 fully saturated rings. The van der Waals surface area contributed by atoms with Crippen molar-refractivity contribution < 1.29 is 5.11 Å². The summed E-state index contributed by atoms with van der Waals surface area (Å²) in [5, 5.41) is 14.9. The quantitative estimate of drug-likeness (QED) is 0.853. The molecule has 102 valence electrons. The van der Waals surface area contributed by atoms with Crippen LogP contribution in [0.4, 0.5) is 0 Å². The second kappa shape index (κ2) is 6.20. The van der Waals surface area contributed by atoms with E-state index in [1.165, 1.54) is 0 Å². The molecule has 19 heavy (non-hydrogen) atoms. The van der Waals surface area contributed by atoms with Gasteiger partial charge in [-0.15, -0.1) is 0 Å². The van der Waals surface area contributed by atoms with E-state index in [-0.39, 0.29) is 0 Å². The van der Waals surface area contributed by atoms with Crippen molar-refractivity contribution in [1.29, 1.82) is 0 Å². The summed E-state index contributed by atoms with van der Waals surface area (Å²) in [4.78, 5) is 0. The molecular formula is C14H16Br2N2O. The van der Waals surface area contributed by atoms with Gasteiger partial charge in [-0.05, 0) is 40.9 Å². The number of hydrogen-bond acceptors (Lipinski definition) is 2. The van der Waals surface area contributed by atoms with Gasteiger partial charge in [-0.1, -0.05) is 35.0 Å². The molecule has 0 amide bonds. The molecule has 3 nitrogen and oxygen atoms in total.